The zero-order valence-electron chi connectivity index (χ0n) is 15.2. The van der Waals surface area contributed by atoms with Gasteiger partial charge in [0.1, 0.15) is 5.75 Å². The number of phenols is 1. The normalized spacial score (nSPS) is 10.9. The number of hydrogen-bond donors (Lipinski definition) is 2. The lowest BCUT2D eigenvalue weighted by Gasteiger charge is -2.08. The van der Waals surface area contributed by atoms with Gasteiger partial charge in [0.05, 0.1) is 5.56 Å². The van der Waals surface area contributed by atoms with Crippen LogP contribution in [0.1, 0.15) is 99.9 Å². The van der Waals surface area contributed by atoms with Crippen LogP contribution in [0, 0.1) is 0 Å². The smallest absolute Gasteiger partial charge is 0.336 e. The maximum absolute atomic E-state index is 11.2. The third-order valence-electron chi connectivity index (χ3n) is 4.66. The van der Waals surface area contributed by atoms with E-state index in [2.05, 4.69) is 6.92 Å². The fraction of sp³-hybridized carbons (Fsp3) is 0.667. The fourth-order valence-corrected chi connectivity index (χ4v) is 3.18. The molecule has 24 heavy (non-hydrogen) atoms. The largest absolute Gasteiger partial charge is 0.508 e. The predicted molar refractivity (Wildman–Crippen MR) is 99.8 cm³/mol. The molecule has 1 rings (SSSR count). The van der Waals surface area contributed by atoms with Crippen LogP contribution >= 0.6 is 0 Å². The van der Waals surface area contributed by atoms with Crippen molar-refractivity contribution in [2.45, 2.75) is 90.4 Å². The molecule has 0 radical (unpaired) electrons. The second-order valence-electron chi connectivity index (χ2n) is 6.75. The molecule has 1 aromatic carbocycles. The van der Waals surface area contributed by atoms with E-state index >= 15 is 0 Å². The maximum atomic E-state index is 11.2. The highest BCUT2D eigenvalue weighted by atomic mass is 16.4. The molecule has 0 saturated carbocycles. The van der Waals surface area contributed by atoms with Crippen LogP contribution in [0.2, 0.25) is 0 Å². The number of phenolic OH excluding ortho intramolecular Hbond substituents is 1. The molecule has 0 aliphatic carbocycles. The second kappa shape index (κ2) is 12.9. The Hall–Kier alpha value is -1.51. The molecule has 0 spiro atoms. The van der Waals surface area contributed by atoms with E-state index in [0.717, 1.165) is 12.8 Å². The average Bonchev–Trinajstić information content (AvgIpc) is 2.56. The molecular weight excluding hydrogens is 300 g/mol. The average molecular weight is 334 g/mol. The Morgan fingerprint density at radius 3 is 1.83 bits per heavy atom. The first-order valence-corrected chi connectivity index (χ1v) is 9.71. The van der Waals surface area contributed by atoms with E-state index in [1.54, 1.807) is 18.2 Å². The monoisotopic (exact) mass is 334 g/mol. The number of aromatic hydroxyl groups is 1. The first-order valence-electron chi connectivity index (χ1n) is 9.71. The van der Waals surface area contributed by atoms with Crippen molar-refractivity contribution in [2.75, 3.05) is 0 Å². The van der Waals surface area contributed by atoms with Gasteiger partial charge in [0.2, 0.25) is 0 Å². The number of benzene rings is 1. The van der Waals surface area contributed by atoms with Crippen LogP contribution < -0.4 is 0 Å². The van der Waals surface area contributed by atoms with E-state index in [0.29, 0.717) is 12.0 Å². The minimum Gasteiger partial charge on any atom is -0.508 e. The van der Waals surface area contributed by atoms with Crippen molar-refractivity contribution in [1.82, 2.24) is 0 Å². The lowest BCUT2D eigenvalue weighted by atomic mass is 9.99. The number of unbranched alkanes of at least 4 members (excludes halogenated alkanes) is 11. The van der Waals surface area contributed by atoms with Crippen molar-refractivity contribution < 1.29 is 15.0 Å². The standard InChI is InChI=1S/C21H34O3/c1-2-3-4-5-6-7-8-9-10-11-12-13-15-18-19(21(23)24)16-14-17-20(18)22/h14,16-17,22H,2-13,15H2,1H3,(H,23,24). The van der Waals surface area contributed by atoms with Gasteiger partial charge in [-0.05, 0) is 25.0 Å². The van der Waals surface area contributed by atoms with Crippen LogP contribution in [-0.2, 0) is 6.42 Å². The summed E-state index contributed by atoms with van der Waals surface area (Å²) in [5.41, 5.74) is 0.815. The molecule has 0 unspecified atom stereocenters. The zero-order valence-corrected chi connectivity index (χ0v) is 15.2. The van der Waals surface area contributed by atoms with Crippen LogP contribution in [0.5, 0.6) is 5.75 Å². The topological polar surface area (TPSA) is 57.5 Å². The quantitative estimate of drug-likeness (QED) is 0.391. The van der Waals surface area contributed by atoms with E-state index < -0.39 is 5.97 Å². The van der Waals surface area contributed by atoms with Crippen molar-refractivity contribution in [3.8, 4) is 5.75 Å². The predicted octanol–water partition coefficient (Wildman–Crippen LogP) is 6.33. The van der Waals surface area contributed by atoms with Gasteiger partial charge in [-0.15, -0.1) is 0 Å². The molecule has 3 heteroatoms. The molecule has 1 aromatic rings. The number of carboxylic acids is 1. The molecule has 3 nitrogen and oxygen atoms in total. The number of carbonyl (C=O) groups is 1. The van der Waals surface area contributed by atoms with Gasteiger partial charge in [-0.2, -0.15) is 0 Å². The van der Waals surface area contributed by atoms with Gasteiger partial charge in [-0.25, -0.2) is 4.79 Å². The van der Waals surface area contributed by atoms with Crippen molar-refractivity contribution in [3.05, 3.63) is 29.3 Å². The Kier molecular flexibility index (Phi) is 11.0. The summed E-state index contributed by atoms with van der Waals surface area (Å²) in [4.78, 5) is 11.2. The van der Waals surface area contributed by atoms with E-state index in [1.165, 1.54) is 64.2 Å². The minimum atomic E-state index is -0.958. The summed E-state index contributed by atoms with van der Waals surface area (Å²) >= 11 is 0. The van der Waals surface area contributed by atoms with Crippen molar-refractivity contribution in [3.63, 3.8) is 0 Å². The lowest BCUT2D eigenvalue weighted by molar-refractivity contribution is 0.0695. The Morgan fingerprint density at radius 2 is 1.33 bits per heavy atom. The number of carboxylic acid groups (broad SMARTS) is 1. The van der Waals surface area contributed by atoms with Gasteiger partial charge >= 0.3 is 5.97 Å². The molecule has 0 atom stereocenters. The van der Waals surface area contributed by atoms with Crippen molar-refractivity contribution >= 4 is 5.97 Å². The lowest BCUT2D eigenvalue weighted by Crippen LogP contribution is -2.02. The van der Waals surface area contributed by atoms with Crippen LogP contribution in [-0.4, -0.2) is 16.2 Å². The van der Waals surface area contributed by atoms with E-state index in [9.17, 15) is 15.0 Å². The number of rotatable bonds is 14. The molecule has 2 N–H and O–H groups in total. The fourth-order valence-electron chi connectivity index (χ4n) is 3.18. The number of aromatic carboxylic acids is 1. The van der Waals surface area contributed by atoms with Gasteiger partial charge in [-0.1, -0.05) is 83.6 Å². The molecule has 0 aliphatic rings. The molecule has 0 saturated heterocycles. The molecule has 0 heterocycles. The summed E-state index contributed by atoms with van der Waals surface area (Å²) in [6.45, 7) is 2.25. The van der Waals surface area contributed by atoms with Crippen molar-refractivity contribution in [1.29, 1.82) is 0 Å². The molecule has 136 valence electrons. The Morgan fingerprint density at radius 1 is 0.833 bits per heavy atom. The Labute approximate surface area is 147 Å². The van der Waals surface area contributed by atoms with Crippen LogP contribution in [0.25, 0.3) is 0 Å². The summed E-state index contributed by atoms with van der Waals surface area (Å²) in [5, 5.41) is 19.0. The summed E-state index contributed by atoms with van der Waals surface area (Å²) in [6, 6.07) is 4.73. The first-order chi connectivity index (χ1) is 11.7. The zero-order chi connectivity index (χ0) is 17.6. The summed E-state index contributed by atoms with van der Waals surface area (Å²) in [5.74, 6) is -0.849. The molecule has 0 aliphatic heterocycles. The summed E-state index contributed by atoms with van der Waals surface area (Å²) in [6.07, 6.45) is 16.0. The highest BCUT2D eigenvalue weighted by Crippen LogP contribution is 2.24. The van der Waals surface area contributed by atoms with Crippen LogP contribution in [0.3, 0.4) is 0 Å². The molecule has 0 amide bonds. The van der Waals surface area contributed by atoms with Gasteiger partial charge in [0, 0.05) is 5.56 Å². The highest BCUT2D eigenvalue weighted by Gasteiger charge is 2.12. The molecule has 0 fully saturated rings. The maximum Gasteiger partial charge on any atom is 0.336 e. The third-order valence-corrected chi connectivity index (χ3v) is 4.66. The van der Waals surface area contributed by atoms with Gasteiger partial charge in [0.25, 0.3) is 0 Å². The van der Waals surface area contributed by atoms with Gasteiger partial charge < -0.3 is 10.2 Å². The number of hydrogen-bond acceptors (Lipinski definition) is 2. The molecule has 0 aromatic heterocycles. The first kappa shape index (κ1) is 20.5. The van der Waals surface area contributed by atoms with Gasteiger partial charge in [-0.3, -0.25) is 0 Å². The van der Waals surface area contributed by atoms with Crippen LogP contribution in [0.15, 0.2) is 18.2 Å². The summed E-state index contributed by atoms with van der Waals surface area (Å²) in [7, 11) is 0. The van der Waals surface area contributed by atoms with Gasteiger partial charge in [0.15, 0.2) is 0 Å². The summed E-state index contributed by atoms with van der Waals surface area (Å²) < 4.78 is 0. The SMILES string of the molecule is CCCCCCCCCCCCCCc1c(O)cccc1C(=O)O. The van der Waals surface area contributed by atoms with E-state index in [1.807, 2.05) is 0 Å². The van der Waals surface area contributed by atoms with Crippen molar-refractivity contribution in [2.24, 2.45) is 0 Å². The molecule has 0 bridgehead atoms. The van der Waals surface area contributed by atoms with Crippen LogP contribution in [0.4, 0.5) is 0 Å². The Balaban J connectivity index is 2.06. The van der Waals surface area contributed by atoms with E-state index in [-0.39, 0.29) is 11.3 Å². The molecular formula is C21H34O3. The minimum absolute atomic E-state index is 0.109. The van der Waals surface area contributed by atoms with E-state index in [4.69, 9.17) is 0 Å². The third kappa shape index (κ3) is 8.37. The second-order valence-corrected chi connectivity index (χ2v) is 6.75. The highest BCUT2D eigenvalue weighted by molar-refractivity contribution is 5.90. The Bertz CT molecular complexity index is 468.